The number of thiazole rings is 1. The third kappa shape index (κ3) is 2.43. The normalized spacial score (nSPS) is 10.1. The molecule has 0 unspecified atom stereocenters. The Bertz CT molecular complexity index is 456. The Kier molecular flexibility index (Phi) is 3.26. The van der Waals surface area contributed by atoms with Crippen LogP contribution in [0.1, 0.15) is 5.56 Å². The van der Waals surface area contributed by atoms with Gasteiger partial charge in [0.1, 0.15) is 5.75 Å². The van der Waals surface area contributed by atoms with Crippen molar-refractivity contribution in [3.63, 3.8) is 0 Å². The fourth-order valence-electron chi connectivity index (χ4n) is 1.42. The number of anilines is 2. The molecule has 0 aliphatic rings. The molecule has 84 valence electrons. The molecule has 5 heteroatoms. The number of nitrogens with two attached hydrogens (primary N) is 1. The van der Waals surface area contributed by atoms with Crippen molar-refractivity contribution in [1.29, 1.82) is 0 Å². The predicted octanol–water partition coefficient (Wildman–Crippen LogP) is 2.35. The Hall–Kier alpha value is -1.75. The summed E-state index contributed by atoms with van der Waals surface area (Å²) in [4.78, 5) is 4.14. The third-order valence-corrected chi connectivity index (χ3v) is 2.90. The highest BCUT2D eigenvalue weighted by molar-refractivity contribution is 7.13. The van der Waals surface area contributed by atoms with Crippen molar-refractivity contribution < 1.29 is 4.74 Å². The first-order chi connectivity index (χ1) is 7.79. The Morgan fingerprint density at radius 1 is 1.50 bits per heavy atom. The SMILES string of the molecule is COc1ccc(N)cc1CNc1nccs1. The van der Waals surface area contributed by atoms with Crippen LogP contribution < -0.4 is 15.8 Å². The number of rotatable bonds is 4. The molecule has 0 spiro atoms. The second-order valence-electron chi connectivity index (χ2n) is 3.26. The van der Waals surface area contributed by atoms with Crippen molar-refractivity contribution in [2.75, 3.05) is 18.2 Å². The van der Waals surface area contributed by atoms with Crippen LogP contribution in [0.5, 0.6) is 5.75 Å². The minimum atomic E-state index is 0.654. The van der Waals surface area contributed by atoms with E-state index in [2.05, 4.69) is 10.3 Å². The van der Waals surface area contributed by atoms with Gasteiger partial charge in [-0.1, -0.05) is 0 Å². The van der Waals surface area contributed by atoms with E-state index in [4.69, 9.17) is 10.5 Å². The van der Waals surface area contributed by atoms with Crippen LogP contribution in [0, 0.1) is 0 Å². The first kappa shape index (κ1) is 10.8. The summed E-state index contributed by atoms with van der Waals surface area (Å²) < 4.78 is 5.26. The van der Waals surface area contributed by atoms with Crippen LogP contribution in [-0.2, 0) is 6.54 Å². The second-order valence-corrected chi connectivity index (χ2v) is 4.16. The molecule has 0 amide bonds. The van der Waals surface area contributed by atoms with E-state index in [0.29, 0.717) is 6.54 Å². The summed E-state index contributed by atoms with van der Waals surface area (Å²) in [5.41, 5.74) is 7.49. The summed E-state index contributed by atoms with van der Waals surface area (Å²) in [7, 11) is 1.65. The molecule has 0 atom stereocenters. The van der Waals surface area contributed by atoms with Crippen molar-refractivity contribution in [2.45, 2.75) is 6.54 Å². The monoisotopic (exact) mass is 235 g/mol. The fraction of sp³-hybridized carbons (Fsp3) is 0.182. The number of hydrogen-bond donors (Lipinski definition) is 2. The summed E-state index contributed by atoms with van der Waals surface area (Å²) in [5.74, 6) is 0.832. The molecule has 1 heterocycles. The van der Waals surface area contributed by atoms with Crippen molar-refractivity contribution >= 4 is 22.2 Å². The third-order valence-electron chi connectivity index (χ3n) is 2.17. The molecule has 4 nitrogen and oxygen atoms in total. The van der Waals surface area contributed by atoms with Crippen molar-refractivity contribution in [2.24, 2.45) is 0 Å². The zero-order valence-electron chi connectivity index (χ0n) is 8.93. The van der Waals surface area contributed by atoms with Gasteiger partial charge in [-0.05, 0) is 18.2 Å². The Morgan fingerprint density at radius 3 is 3.06 bits per heavy atom. The lowest BCUT2D eigenvalue weighted by Gasteiger charge is -2.09. The highest BCUT2D eigenvalue weighted by atomic mass is 32.1. The lowest BCUT2D eigenvalue weighted by molar-refractivity contribution is 0.410. The highest BCUT2D eigenvalue weighted by Gasteiger charge is 2.03. The molecule has 2 rings (SSSR count). The van der Waals surface area contributed by atoms with Gasteiger partial charge < -0.3 is 15.8 Å². The van der Waals surface area contributed by atoms with E-state index in [1.807, 2.05) is 23.6 Å². The highest BCUT2D eigenvalue weighted by Crippen LogP contribution is 2.22. The van der Waals surface area contributed by atoms with Gasteiger partial charge in [0.25, 0.3) is 0 Å². The van der Waals surface area contributed by atoms with Gasteiger partial charge in [0.2, 0.25) is 0 Å². The number of nitrogens with one attached hydrogen (secondary N) is 1. The number of nitrogen functional groups attached to an aromatic ring is 1. The molecule has 0 aliphatic heterocycles. The molecule has 0 aliphatic carbocycles. The number of aromatic nitrogens is 1. The van der Waals surface area contributed by atoms with Crippen LogP contribution in [0.25, 0.3) is 0 Å². The Balaban J connectivity index is 2.11. The number of hydrogen-bond acceptors (Lipinski definition) is 5. The van der Waals surface area contributed by atoms with Gasteiger partial charge in [0.15, 0.2) is 5.13 Å². The minimum Gasteiger partial charge on any atom is -0.496 e. The molecule has 1 aromatic carbocycles. The van der Waals surface area contributed by atoms with Gasteiger partial charge in [0.05, 0.1) is 7.11 Å². The van der Waals surface area contributed by atoms with E-state index in [1.165, 1.54) is 0 Å². The van der Waals surface area contributed by atoms with Crippen molar-refractivity contribution in [1.82, 2.24) is 4.98 Å². The maximum Gasteiger partial charge on any atom is 0.182 e. The predicted molar refractivity (Wildman–Crippen MR) is 66.8 cm³/mol. The van der Waals surface area contributed by atoms with Gasteiger partial charge >= 0.3 is 0 Å². The zero-order valence-corrected chi connectivity index (χ0v) is 9.75. The average molecular weight is 235 g/mol. The standard InChI is InChI=1S/C11H13N3OS/c1-15-10-3-2-9(12)6-8(10)7-14-11-13-4-5-16-11/h2-6H,7,12H2,1H3,(H,13,14). The molecule has 0 saturated heterocycles. The fourth-order valence-corrected chi connectivity index (χ4v) is 1.95. The maximum atomic E-state index is 5.73. The molecular formula is C11H13N3OS. The Labute approximate surface area is 98.1 Å². The number of ether oxygens (including phenoxy) is 1. The molecule has 0 fully saturated rings. The number of nitrogens with zero attached hydrogens (tertiary/aromatic N) is 1. The van der Waals surface area contributed by atoms with Crippen LogP contribution >= 0.6 is 11.3 Å². The van der Waals surface area contributed by atoms with E-state index in [9.17, 15) is 0 Å². The topological polar surface area (TPSA) is 60.2 Å². The smallest absolute Gasteiger partial charge is 0.182 e. The van der Waals surface area contributed by atoms with Gasteiger partial charge in [-0.2, -0.15) is 0 Å². The van der Waals surface area contributed by atoms with E-state index in [1.54, 1.807) is 24.6 Å². The molecular weight excluding hydrogens is 222 g/mol. The van der Waals surface area contributed by atoms with Crippen LogP contribution in [0.2, 0.25) is 0 Å². The second kappa shape index (κ2) is 4.85. The van der Waals surface area contributed by atoms with E-state index in [0.717, 1.165) is 22.1 Å². The van der Waals surface area contributed by atoms with Crippen molar-refractivity contribution in [3.8, 4) is 5.75 Å². The van der Waals surface area contributed by atoms with E-state index in [-0.39, 0.29) is 0 Å². The lowest BCUT2D eigenvalue weighted by atomic mass is 10.2. The van der Waals surface area contributed by atoms with Gasteiger partial charge in [-0.3, -0.25) is 0 Å². The quantitative estimate of drug-likeness (QED) is 0.799. The summed E-state index contributed by atoms with van der Waals surface area (Å²) >= 11 is 1.57. The zero-order chi connectivity index (χ0) is 11.4. The first-order valence-corrected chi connectivity index (χ1v) is 5.73. The largest absolute Gasteiger partial charge is 0.496 e. The summed E-state index contributed by atoms with van der Waals surface area (Å²) in [6.07, 6.45) is 1.77. The number of methoxy groups -OCH3 is 1. The molecule has 1 aromatic heterocycles. The molecule has 0 saturated carbocycles. The van der Waals surface area contributed by atoms with Gasteiger partial charge in [0, 0.05) is 29.4 Å². The van der Waals surface area contributed by atoms with Crippen molar-refractivity contribution in [3.05, 3.63) is 35.3 Å². The number of benzene rings is 1. The molecule has 3 N–H and O–H groups in total. The van der Waals surface area contributed by atoms with Crippen LogP contribution in [0.15, 0.2) is 29.8 Å². The lowest BCUT2D eigenvalue weighted by Crippen LogP contribution is -2.02. The summed E-state index contributed by atoms with van der Waals surface area (Å²) in [6.45, 7) is 0.654. The average Bonchev–Trinajstić information content (AvgIpc) is 2.79. The maximum absolute atomic E-state index is 5.73. The van der Waals surface area contributed by atoms with Crippen LogP contribution in [0.4, 0.5) is 10.8 Å². The molecule has 16 heavy (non-hydrogen) atoms. The summed E-state index contributed by atoms with van der Waals surface area (Å²) in [5, 5.41) is 6.04. The van der Waals surface area contributed by atoms with Crippen LogP contribution in [-0.4, -0.2) is 12.1 Å². The van der Waals surface area contributed by atoms with Gasteiger partial charge in [-0.25, -0.2) is 4.98 Å². The molecule has 2 aromatic rings. The first-order valence-electron chi connectivity index (χ1n) is 4.85. The van der Waals surface area contributed by atoms with Crippen LogP contribution in [0.3, 0.4) is 0 Å². The van der Waals surface area contributed by atoms with Gasteiger partial charge in [-0.15, -0.1) is 11.3 Å². The van der Waals surface area contributed by atoms with E-state index >= 15 is 0 Å². The Morgan fingerprint density at radius 2 is 2.38 bits per heavy atom. The summed E-state index contributed by atoms with van der Waals surface area (Å²) in [6, 6.07) is 5.60. The molecule has 0 bridgehead atoms. The van der Waals surface area contributed by atoms with E-state index < -0.39 is 0 Å². The minimum absolute atomic E-state index is 0.654. The molecule has 0 radical (unpaired) electrons.